The molecule has 0 radical (unpaired) electrons. The SMILES string of the molecule is Cc1nn(-c2cc(NS(C)(=O)=O)c(Cl)cc2Cl)c(=O)n1CCCCC(F)F. The van der Waals surface area contributed by atoms with E-state index in [9.17, 15) is 22.0 Å². The number of benzene rings is 1. The van der Waals surface area contributed by atoms with E-state index in [-0.39, 0.29) is 40.8 Å². The van der Waals surface area contributed by atoms with E-state index in [0.29, 0.717) is 12.2 Å². The number of unbranched alkanes of at least 4 members (excludes halogenated alkanes) is 1. The monoisotopic (exact) mass is 442 g/mol. The summed E-state index contributed by atoms with van der Waals surface area (Å²) in [6.45, 7) is 1.83. The Morgan fingerprint density at radius 2 is 1.89 bits per heavy atom. The molecule has 0 saturated heterocycles. The molecule has 150 valence electrons. The summed E-state index contributed by atoms with van der Waals surface area (Å²) in [6, 6.07) is 2.61. The van der Waals surface area contributed by atoms with Gasteiger partial charge in [0, 0.05) is 13.0 Å². The summed E-state index contributed by atoms with van der Waals surface area (Å²) in [5, 5.41) is 4.30. The molecule has 12 heteroatoms. The molecule has 0 spiro atoms. The second-order valence-electron chi connectivity index (χ2n) is 5.94. The van der Waals surface area contributed by atoms with Gasteiger partial charge in [-0.05, 0) is 31.9 Å². The molecule has 27 heavy (non-hydrogen) atoms. The maximum absolute atomic E-state index is 12.6. The third-order valence-electron chi connectivity index (χ3n) is 3.66. The van der Waals surface area contributed by atoms with Crippen molar-refractivity contribution in [2.75, 3.05) is 11.0 Å². The number of hydrogen-bond acceptors (Lipinski definition) is 4. The van der Waals surface area contributed by atoms with E-state index in [1.54, 1.807) is 6.92 Å². The number of sulfonamides is 1. The Labute approximate surface area is 164 Å². The Morgan fingerprint density at radius 1 is 1.22 bits per heavy atom. The van der Waals surface area contributed by atoms with E-state index in [1.165, 1.54) is 16.7 Å². The zero-order chi connectivity index (χ0) is 20.4. The molecule has 1 N–H and O–H groups in total. The lowest BCUT2D eigenvalue weighted by Crippen LogP contribution is -2.24. The highest BCUT2D eigenvalue weighted by Gasteiger charge is 2.17. The molecule has 0 aliphatic carbocycles. The lowest BCUT2D eigenvalue weighted by atomic mass is 10.2. The number of aryl methyl sites for hydroxylation is 1. The number of halogens is 4. The Bertz CT molecular complexity index is 990. The van der Waals surface area contributed by atoms with Gasteiger partial charge in [-0.1, -0.05) is 23.2 Å². The van der Waals surface area contributed by atoms with Gasteiger partial charge < -0.3 is 0 Å². The van der Waals surface area contributed by atoms with Gasteiger partial charge in [0.25, 0.3) is 0 Å². The molecule has 0 bridgehead atoms. The average molecular weight is 443 g/mol. The van der Waals surface area contributed by atoms with Crippen LogP contribution in [0.2, 0.25) is 10.0 Å². The predicted octanol–water partition coefficient (Wildman–Crippen LogP) is 3.46. The predicted molar refractivity (Wildman–Crippen MR) is 101 cm³/mol. The van der Waals surface area contributed by atoms with Gasteiger partial charge in [-0.25, -0.2) is 22.0 Å². The third kappa shape index (κ3) is 5.66. The van der Waals surface area contributed by atoms with Crippen molar-refractivity contribution in [3.8, 4) is 5.69 Å². The summed E-state index contributed by atoms with van der Waals surface area (Å²) in [5.74, 6) is 0.376. The first-order valence-corrected chi connectivity index (χ1v) is 10.6. The van der Waals surface area contributed by atoms with Crippen molar-refractivity contribution >= 4 is 38.9 Å². The van der Waals surface area contributed by atoms with E-state index in [1.807, 2.05) is 0 Å². The summed E-state index contributed by atoms with van der Waals surface area (Å²) < 4.78 is 52.0. The van der Waals surface area contributed by atoms with Crippen LogP contribution in [0.25, 0.3) is 5.69 Å². The third-order valence-corrected chi connectivity index (χ3v) is 4.87. The lowest BCUT2D eigenvalue weighted by Gasteiger charge is -2.10. The van der Waals surface area contributed by atoms with Crippen molar-refractivity contribution in [3.05, 3.63) is 38.5 Å². The summed E-state index contributed by atoms with van der Waals surface area (Å²) in [4.78, 5) is 12.6. The van der Waals surface area contributed by atoms with Crippen LogP contribution in [0, 0.1) is 6.92 Å². The van der Waals surface area contributed by atoms with Gasteiger partial charge in [0.15, 0.2) is 0 Å². The number of anilines is 1. The molecular formula is C15H18Cl2F2N4O3S. The fourth-order valence-corrected chi connectivity index (χ4v) is 3.59. The molecule has 1 heterocycles. The van der Waals surface area contributed by atoms with Crippen LogP contribution in [0.5, 0.6) is 0 Å². The van der Waals surface area contributed by atoms with Crippen LogP contribution in [0.4, 0.5) is 14.5 Å². The van der Waals surface area contributed by atoms with Gasteiger partial charge in [-0.15, -0.1) is 0 Å². The van der Waals surface area contributed by atoms with Gasteiger partial charge in [-0.3, -0.25) is 9.29 Å². The van der Waals surface area contributed by atoms with Crippen LogP contribution in [-0.2, 0) is 16.6 Å². The number of alkyl halides is 2. The quantitative estimate of drug-likeness (QED) is 0.634. The maximum atomic E-state index is 12.6. The summed E-state index contributed by atoms with van der Waals surface area (Å²) in [6.07, 6.45) is -0.975. The minimum atomic E-state index is -3.60. The van der Waals surface area contributed by atoms with Crippen molar-refractivity contribution in [1.29, 1.82) is 0 Å². The first-order chi connectivity index (χ1) is 12.5. The summed E-state index contributed by atoms with van der Waals surface area (Å²) in [5.41, 5.74) is -0.319. The van der Waals surface area contributed by atoms with E-state index >= 15 is 0 Å². The number of nitrogens with zero attached hydrogens (tertiary/aromatic N) is 3. The number of aromatic nitrogens is 3. The Kier molecular flexibility index (Phi) is 6.87. The smallest absolute Gasteiger partial charge is 0.282 e. The highest BCUT2D eigenvalue weighted by molar-refractivity contribution is 7.92. The molecule has 0 unspecified atom stereocenters. The summed E-state index contributed by atoms with van der Waals surface area (Å²) in [7, 11) is -3.60. The van der Waals surface area contributed by atoms with Crippen molar-refractivity contribution in [2.24, 2.45) is 0 Å². The van der Waals surface area contributed by atoms with Gasteiger partial charge in [0.05, 0.1) is 27.7 Å². The number of nitrogens with one attached hydrogen (secondary N) is 1. The topological polar surface area (TPSA) is 86.0 Å². The first-order valence-electron chi connectivity index (χ1n) is 7.91. The molecule has 2 rings (SSSR count). The van der Waals surface area contributed by atoms with Gasteiger partial charge in [-0.2, -0.15) is 9.78 Å². The highest BCUT2D eigenvalue weighted by atomic mass is 35.5. The van der Waals surface area contributed by atoms with Crippen molar-refractivity contribution in [2.45, 2.75) is 39.2 Å². The van der Waals surface area contributed by atoms with Gasteiger partial charge in [0.1, 0.15) is 5.82 Å². The maximum Gasteiger partial charge on any atom is 0.350 e. The minimum Gasteiger partial charge on any atom is -0.282 e. The first kappa shape index (κ1) is 21.6. The summed E-state index contributed by atoms with van der Waals surface area (Å²) >= 11 is 12.1. The van der Waals surface area contributed by atoms with Gasteiger partial charge >= 0.3 is 5.69 Å². The second kappa shape index (κ2) is 8.57. The van der Waals surface area contributed by atoms with Crippen LogP contribution in [0.1, 0.15) is 25.1 Å². The van der Waals surface area contributed by atoms with Crippen molar-refractivity contribution < 1.29 is 17.2 Å². The number of rotatable bonds is 8. The normalized spacial score (nSPS) is 12.0. The second-order valence-corrected chi connectivity index (χ2v) is 8.50. The molecule has 0 fully saturated rings. The molecular weight excluding hydrogens is 425 g/mol. The van der Waals surface area contributed by atoms with Crippen molar-refractivity contribution in [1.82, 2.24) is 14.3 Å². The van der Waals surface area contributed by atoms with E-state index in [2.05, 4.69) is 9.82 Å². The van der Waals surface area contributed by atoms with Crippen LogP contribution in [-0.4, -0.2) is 35.4 Å². The molecule has 1 aromatic heterocycles. The van der Waals surface area contributed by atoms with Crippen LogP contribution in [0.15, 0.2) is 16.9 Å². The Hall–Kier alpha value is -1.65. The van der Waals surface area contributed by atoms with Crippen LogP contribution in [0.3, 0.4) is 0 Å². The van der Waals surface area contributed by atoms with Crippen LogP contribution >= 0.6 is 23.2 Å². The molecule has 0 aliphatic rings. The molecule has 0 saturated carbocycles. The fourth-order valence-electron chi connectivity index (χ4n) is 2.45. The zero-order valence-corrected chi connectivity index (χ0v) is 16.9. The Morgan fingerprint density at radius 3 is 2.48 bits per heavy atom. The van der Waals surface area contributed by atoms with Gasteiger partial charge in [0.2, 0.25) is 16.4 Å². The van der Waals surface area contributed by atoms with E-state index < -0.39 is 22.1 Å². The molecule has 2 aromatic rings. The van der Waals surface area contributed by atoms with E-state index in [0.717, 1.165) is 10.9 Å². The highest BCUT2D eigenvalue weighted by Crippen LogP contribution is 2.31. The molecule has 0 aliphatic heterocycles. The minimum absolute atomic E-state index is 0.0506. The standard InChI is InChI=1S/C15H18Cl2F2N4O3S/c1-9-20-23(15(24)22(9)6-4-3-5-14(18)19)13-8-12(21-27(2,25)26)10(16)7-11(13)17/h7-8,14,21H,3-6H2,1-2H3. The van der Waals surface area contributed by atoms with Crippen molar-refractivity contribution in [3.63, 3.8) is 0 Å². The zero-order valence-electron chi connectivity index (χ0n) is 14.5. The fraction of sp³-hybridized carbons (Fsp3) is 0.467. The molecule has 7 nitrogen and oxygen atoms in total. The molecule has 0 atom stereocenters. The van der Waals surface area contributed by atoms with E-state index in [4.69, 9.17) is 23.2 Å². The largest absolute Gasteiger partial charge is 0.350 e. The lowest BCUT2D eigenvalue weighted by molar-refractivity contribution is 0.133. The number of hydrogen-bond donors (Lipinski definition) is 1. The average Bonchev–Trinajstić information content (AvgIpc) is 2.80. The van der Waals surface area contributed by atoms with Crippen LogP contribution < -0.4 is 10.4 Å². The Balaban J connectivity index is 2.37. The molecule has 1 aromatic carbocycles. The molecule has 0 amide bonds.